The highest BCUT2D eigenvalue weighted by molar-refractivity contribution is 7.52. The molecule has 0 saturated carbocycles. The highest BCUT2D eigenvalue weighted by Gasteiger charge is 2.38. The van der Waals surface area contributed by atoms with Crippen molar-refractivity contribution in [1.29, 1.82) is 0 Å². The van der Waals surface area contributed by atoms with Crippen molar-refractivity contribution in [2.45, 2.75) is 65.5 Å². The van der Waals surface area contributed by atoms with Crippen LogP contribution < -0.4 is 15.3 Å². The van der Waals surface area contributed by atoms with Crippen molar-refractivity contribution in [2.24, 2.45) is 0 Å². The van der Waals surface area contributed by atoms with Gasteiger partial charge in [0.05, 0.1) is 23.7 Å². The summed E-state index contributed by atoms with van der Waals surface area (Å²) in [4.78, 5) is 22.9. The van der Waals surface area contributed by atoms with Gasteiger partial charge < -0.3 is 24.3 Å². The second-order valence-electron chi connectivity index (χ2n) is 12.0. The summed E-state index contributed by atoms with van der Waals surface area (Å²) in [7, 11) is -4.34. The van der Waals surface area contributed by atoms with Crippen molar-refractivity contribution in [3.05, 3.63) is 95.3 Å². The number of ether oxygens (including phenoxy) is 2. The number of esters is 1. The van der Waals surface area contributed by atoms with E-state index in [9.17, 15) is 9.36 Å². The molecule has 3 N–H and O–H groups in total. The number of halogens is 1. The van der Waals surface area contributed by atoms with Gasteiger partial charge in [0.2, 0.25) is 0 Å². The Labute approximate surface area is 278 Å². The van der Waals surface area contributed by atoms with E-state index in [-0.39, 0.29) is 24.7 Å². The first-order valence-electron chi connectivity index (χ1n) is 15.3. The number of rotatable bonds is 13. The monoisotopic (exact) mass is 679 g/mol. The number of fused-ring (bicyclic) bond motifs is 3. The number of nitrogen functional groups attached to an aromatic ring is 1. The fourth-order valence-electron chi connectivity index (χ4n) is 5.10. The van der Waals surface area contributed by atoms with Crippen LogP contribution in [0.2, 0.25) is 5.02 Å². The summed E-state index contributed by atoms with van der Waals surface area (Å²) >= 11 is 6.23. The zero-order chi connectivity index (χ0) is 33.8. The summed E-state index contributed by atoms with van der Waals surface area (Å²) in [6.07, 6.45) is -0.756. The smallest absolute Gasteiger partial charge is 0.459 e. The van der Waals surface area contributed by atoms with Crippen molar-refractivity contribution >= 4 is 53.1 Å². The Kier molecular flexibility index (Phi) is 10.5. The molecule has 2 aromatic heterocycles. The molecule has 248 valence electrons. The number of hydrogen-bond acceptors (Lipinski definition) is 9. The molecule has 5 rings (SSSR count). The van der Waals surface area contributed by atoms with E-state index in [0.717, 1.165) is 10.9 Å². The van der Waals surface area contributed by atoms with Crippen molar-refractivity contribution in [3.8, 4) is 5.75 Å². The molecule has 3 atom stereocenters. The van der Waals surface area contributed by atoms with Crippen LogP contribution in [-0.2, 0) is 36.5 Å². The highest BCUT2D eigenvalue weighted by atomic mass is 35.5. The van der Waals surface area contributed by atoms with Gasteiger partial charge in [-0.3, -0.25) is 4.52 Å². The quantitative estimate of drug-likeness (QED) is 0.0943. The number of anilines is 1. The van der Waals surface area contributed by atoms with Crippen LogP contribution in [0, 0.1) is 0 Å². The summed E-state index contributed by atoms with van der Waals surface area (Å²) in [6.45, 7) is 9.78. The number of nitrogens with zero attached hydrogens (tertiary/aromatic N) is 3. The van der Waals surface area contributed by atoms with E-state index < -0.39 is 31.5 Å². The van der Waals surface area contributed by atoms with Crippen molar-refractivity contribution in [1.82, 2.24) is 19.6 Å². The third-order valence-corrected chi connectivity index (χ3v) is 8.87. The predicted molar refractivity (Wildman–Crippen MR) is 183 cm³/mol. The van der Waals surface area contributed by atoms with Crippen LogP contribution in [0.15, 0.2) is 78.9 Å². The minimum atomic E-state index is -4.34. The van der Waals surface area contributed by atoms with Crippen LogP contribution in [0.3, 0.4) is 0 Å². The van der Waals surface area contributed by atoms with Crippen molar-refractivity contribution < 1.29 is 27.9 Å². The number of nitrogens with one attached hydrogen (secondary N) is 1. The van der Waals surface area contributed by atoms with E-state index in [2.05, 4.69) is 10.1 Å². The molecule has 3 aromatic carbocycles. The highest BCUT2D eigenvalue weighted by Crippen LogP contribution is 2.49. The fourth-order valence-corrected chi connectivity index (χ4v) is 6.94. The first kappa shape index (κ1) is 34.3. The molecular weight excluding hydrogens is 641 g/mol. The molecule has 0 amide bonds. The minimum absolute atomic E-state index is 0.180. The van der Waals surface area contributed by atoms with Crippen LogP contribution in [-0.4, -0.2) is 38.8 Å². The zero-order valence-corrected chi connectivity index (χ0v) is 28.6. The molecule has 13 heteroatoms. The Morgan fingerprint density at radius 1 is 1.04 bits per heavy atom. The lowest BCUT2D eigenvalue weighted by molar-refractivity contribution is -0.157. The van der Waals surface area contributed by atoms with Crippen LogP contribution >= 0.6 is 19.3 Å². The topological polar surface area (TPSA) is 140 Å². The van der Waals surface area contributed by atoms with Crippen LogP contribution in [0.1, 0.15) is 52.0 Å². The SMILES string of the molecule is CCOCc1nc2c(N)nc3ccccc3c2n1C[C@@H](C)OP(=O)(N[C@H](C(=O)OC(C)(C)C)c1ccccc1)Oc1cccc(Cl)c1. The number of pyridine rings is 1. The van der Waals surface area contributed by atoms with Gasteiger partial charge in [-0.2, -0.15) is 5.09 Å². The van der Waals surface area contributed by atoms with Gasteiger partial charge in [-0.05, 0) is 64.4 Å². The van der Waals surface area contributed by atoms with Crippen LogP contribution in [0.5, 0.6) is 5.75 Å². The number of carbonyl (C=O) groups is 1. The maximum atomic E-state index is 14.8. The summed E-state index contributed by atoms with van der Waals surface area (Å²) in [6, 6.07) is 21.7. The van der Waals surface area contributed by atoms with E-state index in [1.807, 2.05) is 41.8 Å². The van der Waals surface area contributed by atoms with Gasteiger partial charge in [0.15, 0.2) is 5.82 Å². The molecule has 0 spiro atoms. The molecule has 0 aliphatic rings. The number of nitrogens with two attached hydrogens (primary N) is 1. The lowest BCUT2D eigenvalue weighted by atomic mass is 10.1. The Balaban J connectivity index is 1.54. The summed E-state index contributed by atoms with van der Waals surface area (Å²) in [5, 5.41) is 4.10. The average Bonchev–Trinajstić information content (AvgIpc) is 3.37. The number of imidazole rings is 1. The molecule has 5 aromatic rings. The van der Waals surface area contributed by atoms with Gasteiger partial charge in [0.1, 0.15) is 35.3 Å². The molecule has 47 heavy (non-hydrogen) atoms. The van der Waals surface area contributed by atoms with Gasteiger partial charge in [-0.15, -0.1) is 0 Å². The molecule has 0 radical (unpaired) electrons. The largest absolute Gasteiger partial charge is 0.460 e. The first-order valence-corrected chi connectivity index (χ1v) is 17.2. The summed E-state index contributed by atoms with van der Waals surface area (Å²) in [5.74, 6) is 0.412. The van der Waals surface area contributed by atoms with Gasteiger partial charge in [0.25, 0.3) is 0 Å². The third-order valence-electron chi connectivity index (χ3n) is 6.97. The van der Waals surface area contributed by atoms with Crippen molar-refractivity contribution in [2.75, 3.05) is 12.3 Å². The second-order valence-corrected chi connectivity index (χ2v) is 14.0. The predicted octanol–water partition coefficient (Wildman–Crippen LogP) is 7.62. The van der Waals surface area contributed by atoms with Gasteiger partial charge in [-0.1, -0.05) is 66.2 Å². The lowest BCUT2D eigenvalue weighted by Crippen LogP contribution is -2.35. The van der Waals surface area contributed by atoms with Gasteiger partial charge in [0, 0.05) is 17.0 Å². The third kappa shape index (κ3) is 8.49. The number of benzene rings is 3. The number of hydrogen-bond donors (Lipinski definition) is 2. The summed E-state index contributed by atoms with van der Waals surface area (Å²) in [5.41, 5.74) is 8.04. The Hall–Kier alpha value is -3.99. The number of carbonyl (C=O) groups excluding carboxylic acids is 1. The van der Waals surface area contributed by atoms with Crippen molar-refractivity contribution in [3.63, 3.8) is 0 Å². The number of aromatic nitrogens is 3. The van der Waals surface area contributed by atoms with Crippen LogP contribution in [0.25, 0.3) is 21.9 Å². The summed E-state index contributed by atoms with van der Waals surface area (Å²) < 4.78 is 40.5. The lowest BCUT2D eigenvalue weighted by Gasteiger charge is -2.29. The van der Waals surface area contributed by atoms with E-state index in [0.29, 0.717) is 34.1 Å². The molecule has 0 aliphatic carbocycles. The molecule has 1 unspecified atom stereocenters. The maximum absolute atomic E-state index is 14.8. The van der Waals surface area contributed by atoms with Crippen LogP contribution in [0.4, 0.5) is 5.82 Å². The number of para-hydroxylation sites is 1. The normalized spacial score (nSPS) is 14.5. The maximum Gasteiger partial charge on any atom is 0.460 e. The zero-order valence-electron chi connectivity index (χ0n) is 27.0. The standard InChI is InChI=1S/C34H39ClN5O6P/c1-6-43-21-28-38-30-31(26-17-10-11-18-27(26)37-32(30)36)40(28)20-22(2)45-47(42,46-25-16-12-15-24(35)19-25)39-29(23-13-8-7-9-14-23)33(41)44-34(3,4)5/h7-19,22,29H,6,20-21H2,1-5H3,(H2,36,37)(H,39,42)/t22-,29+,47?/m1/s1. The first-order chi connectivity index (χ1) is 22.4. The molecule has 11 nitrogen and oxygen atoms in total. The van der Waals surface area contributed by atoms with E-state index in [4.69, 9.17) is 40.8 Å². The molecule has 2 heterocycles. The van der Waals surface area contributed by atoms with E-state index in [1.54, 1.807) is 70.2 Å². The molecular formula is C34H39ClN5O6P. The van der Waals surface area contributed by atoms with E-state index >= 15 is 0 Å². The fraction of sp³-hybridized carbons (Fsp3) is 0.324. The average molecular weight is 680 g/mol. The van der Waals surface area contributed by atoms with E-state index in [1.165, 1.54) is 6.07 Å². The molecule has 0 aliphatic heterocycles. The second kappa shape index (κ2) is 14.4. The minimum Gasteiger partial charge on any atom is -0.459 e. The Morgan fingerprint density at radius 2 is 1.77 bits per heavy atom. The van der Waals surface area contributed by atoms with Gasteiger partial charge in [-0.25, -0.2) is 19.3 Å². The molecule has 0 fully saturated rings. The Morgan fingerprint density at radius 3 is 2.47 bits per heavy atom. The molecule has 0 bridgehead atoms. The Bertz CT molecular complexity index is 1910. The van der Waals surface area contributed by atoms with Gasteiger partial charge >= 0.3 is 13.7 Å². The molecule has 0 saturated heterocycles.